The molecule has 7 heteroatoms. The molecule has 0 fully saturated rings. The van der Waals surface area contributed by atoms with Crippen molar-refractivity contribution in [2.75, 3.05) is 40.3 Å². The van der Waals surface area contributed by atoms with Crippen LogP contribution in [0.25, 0.3) is 0 Å². The summed E-state index contributed by atoms with van der Waals surface area (Å²) in [6.07, 6.45) is 0.822. The van der Waals surface area contributed by atoms with Gasteiger partial charge in [-0.25, -0.2) is 8.42 Å². The topological polar surface area (TPSA) is 52.7 Å². The number of rotatable bonds is 10. The standard InChI is InChI=1S/C14H27N3O2S2/c1-5-7-17(9-8-16(3)4)21(18,19)14-10-13(12-20-14)11-15-6-2/h10,12,15H,5-9,11H2,1-4H3. The van der Waals surface area contributed by atoms with Crippen molar-refractivity contribution in [3.63, 3.8) is 0 Å². The summed E-state index contributed by atoms with van der Waals surface area (Å²) in [6.45, 7) is 7.46. The van der Waals surface area contributed by atoms with E-state index in [0.29, 0.717) is 23.8 Å². The Morgan fingerprint density at radius 3 is 2.48 bits per heavy atom. The fourth-order valence-electron chi connectivity index (χ4n) is 1.89. The van der Waals surface area contributed by atoms with Crippen LogP contribution in [0.4, 0.5) is 0 Å². The molecule has 0 aliphatic carbocycles. The molecule has 0 saturated carbocycles. The Morgan fingerprint density at radius 1 is 1.19 bits per heavy atom. The predicted octanol–water partition coefficient (Wildman–Crippen LogP) is 1.82. The highest BCUT2D eigenvalue weighted by Gasteiger charge is 2.25. The highest BCUT2D eigenvalue weighted by Crippen LogP contribution is 2.24. The molecule has 21 heavy (non-hydrogen) atoms. The summed E-state index contributed by atoms with van der Waals surface area (Å²) in [5.41, 5.74) is 1.03. The first kappa shape index (κ1) is 18.6. The van der Waals surface area contributed by atoms with Crippen LogP contribution in [0.3, 0.4) is 0 Å². The van der Waals surface area contributed by atoms with Gasteiger partial charge in [-0.2, -0.15) is 4.31 Å². The molecule has 0 unspecified atom stereocenters. The first-order valence-electron chi connectivity index (χ1n) is 7.34. The summed E-state index contributed by atoms with van der Waals surface area (Å²) in [6, 6.07) is 1.79. The van der Waals surface area contributed by atoms with Crippen LogP contribution < -0.4 is 5.32 Å². The highest BCUT2D eigenvalue weighted by molar-refractivity contribution is 7.91. The number of sulfonamides is 1. The number of nitrogens with one attached hydrogen (secondary N) is 1. The molecule has 0 aliphatic heterocycles. The van der Waals surface area contributed by atoms with Gasteiger partial charge in [-0.3, -0.25) is 0 Å². The number of nitrogens with zero attached hydrogens (tertiary/aromatic N) is 2. The molecule has 1 aromatic rings. The minimum Gasteiger partial charge on any atom is -0.313 e. The van der Waals surface area contributed by atoms with Crippen LogP contribution in [-0.2, 0) is 16.6 Å². The normalized spacial score (nSPS) is 12.5. The maximum Gasteiger partial charge on any atom is 0.252 e. The molecule has 0 saturated heterocycles. The van der Waals surface area contributed by atoms with Crippen LogP contribution in [0.15, 0.2) is 15.7 Å². The second-order valence-electron chi connectivity index (χ2n) is 5.26. The molecule has 0 bridgehead atoms. The zero-order valence-electron chi connectivity index (χ0n) is 13.4. The lowest BCUT2D eigenvalue weighted by Crippen LogP contribution is -2.36. The number of thiophene rings is 1. The SMILES string of the molecule is CCCN(CCN(C)C)S(=O)(=O)c1cc(CNCC)cs1. The summed E-state index contributed by atoms with van der Waals surface area (Å²) in [5.74, 6) is 0. The van der Waals surface area contributed by atoms with Crippen molar-refractivity contribution in [1.29, 1.82) is 0 Å². The monoisotopic (exact) mass is 333 g/mol. The van der Waals surface area contributed by atoms with Gasteiger partial charge in [0.25, 0.3) is 10.0 Å². The second kappa shape index (κ2) is 8.85. The summed E-state index contributed by atoms with van der Waals surface area (Å²) in [4.78, 5) is 2.00. The van der Waals surface area contributed by atoms with Crippen molar-refractivity contribution in [2.45, 2.75) is 31.0 Å². The van der Waals surface area contributed by atoms with E-state index in [-0.39, 0.29) is 0 Å². The van der Waals surface area contributed by atoms with E-state index in [1.54, 1.807) is 10.4 Å². The molecule has 0 spiro atoms. The molecular weight excluding hydrogens is 306 g/mol. The number of hydrogen-bond donors (Lipinski definition) is 1. The average Bonchev–Trinajstić information content (AvgIpc) is 2.90. The summed E-state index contributed by atoms with van der Waals surface area (Å²) in [7, 11) is 0.544. The van der Waals surface area contributed by atoms with Crippen LogP contribution in [0.2, 0.25) is 0 Å². The van der Waals surface area contributed by atoms with Crippen molar-refractivity contribution in [1.82, 2.24) is 14.5 Å². The van der Waals surface area contributed by atoms with Crippen LogP contribution in [-0.4, -0.2) is 57.9 Å². The highest BCUT2D eigenvalue weighted by atomic mass is 32.2. The van der Waals surface area contributed by atoms with E-state index in [9.17, 15) is 8.42 Å². The minimum atomic E-state index is -3.37. The van der Waals surface area contributed by atoms with Crippen molar-refractivity contribution in [2.24, 2.45) is 0 Å². The van der Waals surface area contributed by atoms with Gasteiger partial charge >= 0.3 is 0 Å². The van der Waals surface area contributed by atoms with Gasteiger partial charge in [0.2, 0.25) is 0 Å². The molecular formula is C14H27N3O2S2. The first-order valence-corrected chi connectivity index (χ1v) is 9.66. The van der Waals surface area contributed by atoms with E-state index >= 15 is 0 Å². The van der Waals surface area contributed by atoms with E-state index in [4.69, 9.17) is 0 Å². The fraction of sp³-hybridized carbons (Fsp3) is 0.714. The summed E-state index contributed by atoms with van der Waals surface area (Å²) in [5, 5.41) is 5.14. The molecule has 0 radical (unpaired) electrons. The molecule has 1 N–H and O–H groups in total. The predicted molar refractivity (Wildman–Crippen MR) is 89.3 cm³/mol. The van der Waals surface area contributed by atoms with Crippen LogP contribution in [0, 0.1) is 0 Å². The molecule has 5 nitrogen and oxygen atoms in total. The zero-order chi connectivity index (χ0) is 15.9. The van der Waals surface area contributed by atoms with Crippen molar-refractivity contribution in [3.05, 3.63) is 17.0 Å². The Hall–Kier alpha value is -0.470. The van der Waals surface area contributed by atoms with E-state index < -0.39 is 10.0 Å². The van der Waals surface area contributed by atoms with Gasteiger partial charge in [0.05, 0.1) is 0 Å². The van der Waals surface area contributed by atoms with Gasteiger partial charge in [-0.15, -0.1) is 11.3 Å². The van der Waals surface area contributed by atoms with Gasteiger partial charge < -0.3 is 10.2 Å². The summed E-state index contributed by atoms with van der Waals surface area (Å²) < 4.78 is 27.5. The zero-order valence-corrected chi connectivity index (χ0v) is 15.1. The van der Waals surface area contributed by atoms with Gasteiger partial charge in [-0.05, 0) is 44.1 Å². The Kier molecular flexibility index (Phi) is 7.83. The van der Waals surface area contributed by atoms with Gasteiger partial charge in [0, 0.05) is 26.2 Å². The Labute approximate surface area is 133 Å². The number of hydrogen-bond acceptors (Lipinski definition) is 5. The Balaban J connectivity index is 2.86. The lowest BCUT2D eigenvalue weighted by Gasteiger charge is -2.22. The largest absolute Gasteiger partial charge is 0.313 e. The first-order chi connectivity index (χ1) is 9.91. The van der Waals surface area contributed by atoms with Gasteiger partial charge in [0.15, 0.2) is 0 Å². The van der Waals surface area contributed by atoms with Crippen molar-refractivity contribution < 1.29 is 8.42 Å². The maximum atomic E-state index is 12.7. The third-order valence-electron chi connectivity index (χ3n) is 3.07. The minimum absolute atomic E-state index is 0.447. The van der Waals surface area contributed by atoms with Crippen LogP contribution in [0.5, 0.6) is 0 Å². The van der Waals surface area contributed by atoms with Crippen molar-refractivity contribution >= 4 is 21.4 Å². The van der Waals surface area contributed by atoms with E-state index in [2.05, 4.69) is 5.32 Å². The van der Waals surface area contributed by atoms with E-state index in [1.807, 2.05) is 38.2 Å². The smallest absolute Gasteiger partial charge is 0.252 e. The third kappa shape index (κ3) is 5.67. The summed E-state index contributed by atoms with van der Waals surface area (Å²) >= 11 is 1.31. The van der Waals surface area contributed by atoms with Crippen molar-refractivity contribution in [3.8, 4) is 0 Å². The molecule has 1 rings (SSSR count). The van der Waals surface area contributed by atoms with Gasteiger partial charge in [-0.1, -0.05) is 13.8 Å². The quantitative estimate of drug-likeness (QED) is 0.710. The van der Waals surface area contributed by atoms with Gasteiger partial charge in [0.1, 0.15) is 4.21 Å². The number of likely N-dealkylation sites (N-methyl/N-ethyl adjacent to an activating group) is 1. The molecule has 0 atom stereocenters. The van der Waals surface area contributed by atoms with E-state index in [0.717, 1.165) is 25.1 Å². The average molecular weight is 334 g/mol. The lowest BCUT2D eigenvalue weighted by atomic mass is 10.3. The maximum absolute atomic E-state index is 12.7. The Morgan fingerprint density at radius 2 is 1.90 bits per heavy atom. The van der Waals surface area contributed by atoms with E-state index in [1.165, 1.54) is 11.3 Å². The Bertz CT molecular complexity index is 512. The second-order valence-corrected chi connectivity index (χ2v) is 8.34. The fourth-order valence-corrected chi connectivity index (χ4v) is 4.78. The molecule has 0 aliphatic rings. The van der Waals surface area contributed by atoms with Crippen LogP contribution >= 0.6 is 11.3 Å². The molecule has 0 amide bonds. The van der Waals surface area contributed by atoms with Crippen LogP contribution in [0.1, 0.15) is 25.8 Å². The molecule has 122 valence electrons. The lowest BCUT2D eigenvalue weighted by molar-refractivity contribution is 0.333. The molecule has 0 aromatic carbocycles. The third-order valence-corrected chi connectivity index (χ3v) is 6.44. The molecule has 1 heterocycles. The molecule has 1 aromatic heterocycles.